The van der Waals surface area contributed by atoms with E-state index in [0.717, 1.165) is 29.8 Å². The van der Waals surface area contributed by atoms with Crippen LogP contribution in [-0.4, -0.2) is 11.5 Å². The lowest BCUT2D eigenvalue weighted by Crippen LogP contribution is -2.25. The molecule has 0 amide bonds. The molecular weight excluding hydrogens is 251 g/mol. The van der Waals surface area contributed by atoms with Crippen LogP contribution in [0.2, 0.25) is 0 Å². The third-order valence-corrected chi connectivity index (χ3v) is 3.38. The number of aryl methyl sites for hydroxylation is 2. The van der Waals surface area contributed by atoms with Crippen LogP contribution in [-0.2, 0) is 0 Å². The average Bonchev–Trinajstić information content (AvgIpc) is 2.44. The second kappa shape index (κ2) is 6.62. The van der Waals surface area contributed by atoms with Crippen LogP contribution in [0.4, 0.5) is 4.39 Å². The molecule has 2 nitrogen and oxygen atoms in total. The molecule has 0 saturated carbocycles. The van der Waals surface area contributed by atoms with Gasteiger partial charge in [0.15, 0.2) is 0 Å². The molecule has 0 spiro atoms. The van der Waals surface area contributed by atoms with E-state index < -0.39 is 0 Å². The van der Waals surface area contributed by atoms with Crippen molar-refractivity contribution in [3.8, 4) is 0 Å². The van der Waals surface area contributed by atoms with Gasteiger partial charge in [-0.3, -0.25) is 4.98 Å². The van der Waals surface area contributed by atoms with Crippen LogP contribution in [0.25, 0.3) is 0 Å². The van der Waals surface area contributed by atoms with E-state index in [1.54, 1.807) is 12.3 Å². The van der Waals surface area contributed by atoms with Crippen LogP contribution in [0.15, 0.2) is 36.5 Å². The van der Waals surface area contributed by atoms with Crippen LogP contribution in [0.1, 0.15) is 41.8 Å². The number of pyridine rings is 1. The Morgan fingerprint density at radius 3 is 2.75 bits per heavy atom. The second-order valence-corrected chi connectivity index (χ2v) is 5.12. The number of benzene rings is 1. The highest BCUT2D eigenvalue weighted by molar-refractivity contribution is 5.35. The van der Waals surface area contributed by atoms with Gasteiger partial charge in [0.2, 0.25) is 0 Å². The van der Waals surface area contributed by atoms with Gasteiger partial charge >= 0.3 is 0 Å². The lowest BCUT2D eigenvalue weighted by atomic mass is 9.97. The van der Waals surface area contributed by atoms with Gasteiger partial charge in [0.1, 0.15) is 5.82 Å². The standard InChI is InChI=1S/C17H21FN2/c1-4-9-19-17(16-13(3)6-5-10-20-16)14-11-12(2)7-8-15(14)18/h5-8,10-11,17,19H,4,9H2,1-3H3. The Balaban J connectivity index is 2.47. The van der Waals surface area contributed by atoms with Crippen LogP contribution >= 0.6 is 0 Å². The minimum Gasteiger partial charge on any atom is -0.305 e. The molecule has 1 heterocycles. The molecule has 1 aromatic carbocycles. The zero-order valence-electron chi connectivity index (χ0n) is 12.3. The second-order valence-electron chi connectivity index (χ2n) is 5.12. The Hall–Kier alpha value is -1.74. The van der Waals surface area contributed by atoms with Crippen molar-refractivity contribution in [2.24, 2.45) is 0 Å². The summed E-state index contributed by atoms with van der Waals surface area (Å²) in [5, 5.41) is 3.41. The van der Waals surface area contributed by atoms with E-state index in [2.05, 4.69) is 17.2 Å². The first kappa shape index (κ1) is 14.7. The Labute approximate surface area is 120 Å². The van der Waals surface area contributed by atoms with E-state index in [1.807, 2.05) is 32.0 Å². The number of rotatable bonds is 5. The summed E-state index contributed by atoms with van der Waals surface area (Å²) in [6, 6.07) is 8.94. The molecule has 0 radical (unpaired) electrons. The molecule has 0 fully saturated rings. The summed E-state index contributed by atoms with van der Waals surface area (Å²) in [5.41, 5.74) is 3.69. The maximum absolute atomic E-state index is 14.2. The molecular formula is C17H21FN2. The third kappa shape index (κ3) is 3.23. The highest BCUT2D eigenvalue weighted by Crippen LogP contribution is 2.26. The maximum Gasteiger partial charge on any atom is 0.128 e. The summed E-state index contributed by atoms with van der Waals surface area (Å²) >= 11 is 0. The number of nitrogens with zero attached hydrogens (tertiary/aromatic N) is 1. The number of aromatic nitrogens is 1. The zero-order valence-corrected chi connectivity index (χ0v) is 12.3. The quantitative estimate of drug-likeness (QED) is 0.892. The number of hydrogen-bond donors (Lipinski definition) is 1. The molecule has 1 atom stereocenters. The van der Waals surface area contributed by atoms with Crippen molar-refractivity contribution in [3.05, 3.63) is 64.7 Å². The van der Waals surface area contributed by atoms with Gasteiger partial charge in [-0.25, -0.2) is 4.39 Å². The highest BCUT2D eigenvalue weighted by atomic mass is 19.1. The SMILES string of the molecule is CCCNC(c1cc(C)ccc1F)c1ncccc1C. The monoisotopic (exact) mass is 272 g/mol. The maximum atomic E-state index is 14.2. The van der Waals surface area contributed by atoms with Gasteiger partial charge in [-0.2, -0.15) is 0 Å². The minimum absolute atomic E-state index is 0.186. The van der Waals surface area contributed by atoms with Crippen molar-refractivity contribution in [1.29, 1.82) is 0 Å². The van der Waals surface area contributed by atoms with Crippen LogP contribution in [0, 0.1) is 19.7 Å². The third-order valence-electron chi connectivity index (χ3n) is 3.38. The highest BCUT2D eigenvalue weighted by Gasteiger charge is 2.20. The van der Waals surface area contributed by atoms with Crippen molar-refractivity contribution < 1.29 is 4.39 Å². The molecule has 106 valence electrons. The van der Waals surface area contributed by atoms with Crippen LogP contribution in [0.5, 0.6) is 0 Å². The molecule has 0 aliphatic heterocycles. The summed E-state index contributed by atoms with van der Waals surface area (Å²) in [5.74, 6) is -0.186. The van der Waals surface area contributed by atoms with E-state index in [-0.39, 0.29) is 11.9 Å². The molecule has 2 rings (SSSR count). The van der Waals surface area contributed by atoms with Gasteiger partial charge in [0.05, 0.1) is 11.7 Å². The molecule has 1 N–H and O–H groups in total. The van der Waals surface area contributed by atoms with Crippen molar-refractivity contribution >= 4 is 0 Å². The zero-order chi connectivity index (χ0) is 14.5. The Kier molecular flexibility index (Phi) is 4.85. The summed E-state index contributed by atoms with van der Waals surface area (Å²) in [6.45, 7) is 6.91. The van der Waals surface area contributed by atoms with Gasteiger partial charge in [-0.1, -0.05) is 30.7 Å². The molecule has 20 heavy (non-hydrogen) atoms. The predicted octanol–water partition coefficient (Wildman–Crippen LogP) is 3.93. The number of halogens is 1. The molecule has 0 saturated heterocycles. The lowest BCUT2D eigenvalue weighted by molar-refractivity contribution is 0.537. The van der Waals surface area contributed by atoms with Crippen LogP contribution < -0.4 is 5.32 Å². The Morgan fingerprint density at radius 1 is 1.25 bits per heavy atom. The topological polar surface area (TPSA) is 24.9 Å². The molecule has 1 aromatic heterocycles. The fourth-order valence-electron chi connectivity index (χ4n) is 2.33. The van der Waals surface area contributed by atoms with E-state index in [4.69, 9.17) is 0 Å². The summed E-state index contributed by atoms with van der Waals surface area (Å²) in [6.07, 6.45) is 2.76. The molecule has 3 heteroatoms. The lowest BCUT2D eigenvalue weighted by Gasteiger charge is -2.21. The molecule has 2 aromatic rings. The minimum atomic E-state index is -0.198. The number of hydrogen-bond acceptors (Lipinski definition) is 2. The van der Waals surface area contributed by atoms with E-state index in [1.165, 1.54) is 6.07 Å². The summed E-state index contributed by atoms with van der Waals surface area (Å²) < 4.78 is 14.2. The van der Waals surface area contributed by atoms with Crippen LogP contribution in [0.3, 0.4) is 0 Å². The average molecular weight is 272 g/mol. The first-order chi connectivity index (χ1) is 9.63. The first-order valence-electron chi connectivity index (χ1n) is 7.04. The van der Waals surface area contributed by atoms with Crippen molar-refractivity contribution in [1.82, 2.24) is 10.3 Å². The predicted molar refractivity (Wildman–Crippen MR) is 80.2 cm³/mol. The van der Waals surface area contributed by atoms with Crippen molar-refractivity contribution in [3.63, 3.8) is 0 Å². The van der Waals surface area contributed by atoms with Gasteiger partial charge in [-0.05, 0) is 44.5 Å². The fourth-order valence-corrected chi connectivity index (χ4v) is 2.33. The first-order valence-corrected chi connectivity index (χ1v) is 7.04. The van der Waals surface area contributed by atoms with E-state index in [9.17, 15) is 4.39 Å². The molecule has 0 aliphatic carbocycles. The van der Waals surface area contributed by atoms with Crippen molar-refractivity contribution in [2.75, 3.05) is 6.54 Å². The molecule has 0 bridgehead atoms. The number of nitrogens with one attached hydrogen (secondary N) is 1. The summed E-state index contributed by atoms with van der Waals surface area (Å²) in [7, 11) is 0. The smallest absolute Gasteiger partial charge is 0.128 e. The van der Waals surface area contributed by atoms with Gasteiger partial charge in [0, 0.05) is 11.8 Å². The normalized spacial score (nSPS) is 12.4. The van der Waals surface area contributed by atoms with Gasteiger partial charge in [-0.15, -0.1) is 0 Å². The summed E-state index contributed by atoms with van der Waals surface area (Å²) in [4.78, 5) is 4.45. The van der Waals surface area contributed by atoms with E-state index in [0.29, 0.717) is 5.56 Å². The largest absolute Gasteiger partial charge is 0.305 e. The van der Waals surface area contributed by atoms with Gasteiger partial charge in [0.25, 0.3) is 0 Å². The fraction of sp³-hybridized carbons (Fsp3) is 0.353. The molecule has 0 aliphatic rings. The Bertz CT molecular complexity index is 581. The Morgan fingerprint density at radius 2 is 2.05 bits per heavy atom. The van der Waals surface area contributed by atoms with E-state index >= 15 is 0 Å². The molecule has 1 unspecified atom stereocenters. The van der Waals surface area contributed by atoms with Crippen molar-refractivity contribution in [2.45, 2.75) is 33.2 Å². The van der Waals surface area contributed by atoms with Gasteiger partial charge < -0.3 is 5.32 Å².